The predicted octanol–water partition coefficient (Wildman–Crippen LogP) is 6.30. The number of rotatable bonds is 2. The highest BCUT2D eigenvalue weighted by atomic mass is 14.0. The van der Waals surface area contributed by atoms with Crippen LogP contribution >= 0.6 is 0 Å². The standard InChI is InChI=1S/2C5H12.2C2H6/c1-5(2,3)4;1-3-5-4-2;2*1-2/h1-4H3;3-5H2,1-2H3;2*1-2H3. The fraction of sp³-hybridized carbons (Fsp3) is 1.00. The molecule has 0 heterocycles. The molecule has 0 radical (unpaired) electrons. The van der Waals surface area contributed by atoms with E-state index in [2.05, 4.69) is 41.5 Å². The van der Waals surface area contributed by atoms with Gasteiger partial charge in [0, 0.05) is 0 Å². The largest absolute Gasteiger partial charge is 0.0683 e. The molecular formula is C14H36. The predicted molar refractivity (Wildman–Crippen MR) is 73.0 cm³/mol. The summed E-state index contributed by atoms with van der Waals surface area (Å²) in [7, 11) is 0. The van der Waals surface area contributed by atoms with Crippen LogP contribution in [0, 0.1) is 5.41 Å². The van der Waals surface area contributed by atoms with Crippen LogP contribution in [0.4, 0.5) is 0 Å². The minimum absolute atomic E-state index is 0.500. The first-order valence-corrected chi connectivity index (χ1v) is 6.41. The number of hydrogen-bond donors (Lipinski definition) is 0. The van der Waals surface area contributed by atoms with Crippen molar-refractivity contribution in [3.8, 4) is 0 Å². The van der Waals surface area contributed by atoms with Gasteiger partial charge in [-0.1, -0.05) is 88.5 Å². The Morgan fingerprint density at radius 3 is 0.786 bits per heavy atom. The lowest BCUT2D eigenvalue weighted by molar-refractivity contribution is 0.469. The second-order valence-electron chi connectivity index (χ2n) is 4.35. The summed E-state index contributed by atoms with van der Waals surface area (Å²) in [5, 5.41) is 0. The molecule has 0 N–H and O–H groups in total. The van der Waals surface area contributed by atoms with Crippen molar-refractivity contribution in [3.05, 3.63) is 0 Å². The van der Waals surface area contributed by atoms with Gasteiger partial charge in [-0.2, -0.15) is 0 Å². The molecular weight excluding hydrogens is 168 g/mol. The second kappa shape index (κ2) is 23.1. The zero-order valence-corrected chi connectivity index (χ0v) is 12.6. The molecule has 0 amide bonds. The van der Waals surface area contributed by atoms with Gasteiger partial charge in [-0.25, -0.2) is 0 Å². The van der Waals surface area contributed by atoms with E-state index in [0.717, 1.165) is 0 Å². The molecule has 0 saturated heterocycles. The summed E-state index contributed by atoms with van der Waals surface area (Å²) in [5.41, 5.74) is 0.500. The molecule has 0 aliphatic heterocycles. The van der Waals surface area contributed by atoms with Gasteiger partial charge in [-0.15, -0.1) is 0 Å². The highest BCUT2D eigenvalue weighted by Gasteiger charge is 1.95. The summed E-state index contributed by atoms with van der Waals surface area (Å²) in [6.45, 7) is 21.2. The van der Waals surface area contributed by atoms with E-state index in [-0.39, 0.29) is 0 Å². The molecule has 0 unspecified atom stereocenters. The Labute approximate surface area is 94.5 Å². The van der Waals surface area contributed by atoms with Crippen LogP contribution in [-0.4, -0.2) is 0 Å². The normalized spacial score (nSPS) is 8.14. The number of hydrogen-bond acceptors (Lipinski definition) is 0. The van der Waals surface area contributed by atoms with Crippen LogP contribution in [-0.2, 0) is 0 Å². The van der Waals surface area contributed by atoms with Crippen molar-refractivity contribution in [1.29, 1.82) is 0 Å². The van der Waals surface area contributed by atoms with Crippen LogP contribution in [0.1, 0.15) is 88.5 Å². The van der Waals surface area contributed by atoms with Gasteiger partial charge >= 0.3 is 0 Å². The SMILES string of the molecule is CC.CC.CC(C)(C)C.CCCCC. The maximum Gasteiger partial charge on any atom is -0.0411 e. The van der Waals surface area contributed by atoms with E-state index in [1.54, 1.807) is 0 Å². The van der Waals surface area contributed by atoms with Crippen LogP contribution in [0.5, 0.6) is 0 Å². The first-order valence-electron chi connectivity index (χ1n) is 6.41. The third kappa shape index (κ3) is 363. The summed E-state index contributed by atoms with van der Waals surface area (Å²) in [5.74, 6) is 0. The molecule has 0 heteroatoms. The molecule has 0 aromatic heterocycles. The van der Waals surface area contributed by atoms with E-state index in [9.17, 15) is 0 Å². The molecule has 0 spiro atoms. The van der Waals surface area contributed by atoms with Crippen molar-refractivity contribution < 1.29 is 0 Å². The van der Waals surface area contributed by atoms with E-state index in [4.69, 9.17) is 0 Å². The third-order valence-corrected chi connectivity index (χ3v) is 0.707. The van der Waals surface area contributed by atoms with Gasteiger partial charge in [0.2, 0.25) is 0 Å². The Morgan fingerprint density at radius 2 is 0.786 bits per heavy atom. The lowest BCUT2D eigenvalue weighted by Gasteiger charge is -2.05. The van der Waals surface area contributed by atoms with Gasteiger partial charge in [-0.3, -0.25) is 0 Å². The zero-order valence-electron chi connectivity index (χ0n) is 12.6. The van der Waals surface area contributed by atoms with Gasteiger partial charge in [0.15, 0.2) is 0 Å². The van der Waals surface area contributed by atoms with E-state index in [1.807, 2.05) is 27.7 Å². The lowest BCUT2D eigenvalue weighted by Crippen LogP contribution is -1.93. The van der Waals surface area contributed by atoms with E-state index < -0.39 is 0 Å². The van der Waals surface area contributed by atoms with Gasteiger partial charge < -0.3 is 0 Å². The van der Waals surface area contributed by atoms with Crippen molar-refractivity contribution >= 4 is 0 Å². The molecule has 0 aliphatic rings. The first-order chi connectivity index (χ1) is 6.41. The molecule has 0 nitrogen and oxygen atoms in total. The minimum Gasteiger partial charge on any atom is -0.0683 e. The second-order valence-corrected chi connectivity index (χ2v) is 4.35. The average molecular weight is 204 g/mol. The Hall–Kier alpha value is 0. The third-order valence-electron chi connectivity index (χ3n) is 0.707. The van der Waals surface area contributed by atoms with Crippen LogP contribution < -0.4 is 0 Å². The molecule has 0 aromatic rings. The van der Waals surface area contributed by atoms with Gasteiger partial charge in [0.25, 0.3) is 0 Å². The molecule has 0 fully saturated rings. The van der Waals surface area contributed by atoms with E-state index >= 15 is 0 Å². The highest BCUT2D eigenvalue weighted by molar-refractivity contribution is 4.47. The van der Waals surface area contributed by atoms with Crippen molar-refractivity contribution in [2.75, 3.05) is 0 Å². The topological polar surface area (TPSA) is 0 Å². The maximum absolute atomic E-state index is 2.21. The smallest absolute Gasteiger partial charge is 0.0411 e. The van der Waals surface area contributed by atoms with Gasteiger partial charge in [0.05, 0.1) is 0 Å². The Balaban J connectivity index is -0.0000000528. The fourth-order valence-corrected chi connectivity index (χ4v) is 0.354. The summed E-state index contributed by atoms with van der Waals surface area (Å²) in [6.07, 6.45) is 4.08. The molecule has 0 rings (SSSR count). The van der Waals surface area contributed by atoms with Crippen molar-refractivity contribution in [2.45, 2.75) is 88.5 Å². The molecule has 92 valence electrons. The Bertz CT molecular complexity index is 39.5. The molecule has 14 heavy (non-hydrogen) atoms. The quantitative estimate of drug-likeness (QED) is 0.495. The zero-order chi connectivity index (χ0) is 12.6. The summed E-state index contributed by atoms with van der Waals surface area (Å²) < 4.78 is 0. The Kier molecular flexibility index (Phi) is 39.1. The minimum atomic E-state index is 0.500. The van der Waals surface area contributed by atoms with E-state index in [0.29, 0.717) is 5.41 Å². The van der Waals surface area contributed by atoms with Crippen LogP contribution in [0.2, 0.25) is 0 Å². The molecule has 0 aromatic carbocycles. The van der Waals surface area contributed by atoms with Crippen LogP contribution in [0.25, 0.3) is 0 Å². The average Bonchev–Trinajstić information content (AvgIpc) is 2.10. The molecule has 0 bridgehead atoms. The maximum atomic E-state index is 2.21. The molecule has 0 aliphatic carbocycles. The van der Waals surface area contributed by atoms with Crippen molar-refractivity contribution in [3.63, 3.8) is 0 Å². The Morgan fingerprint density at radius 1 is 0.643 bits per heavy atom. The lowest BCUT2D eigenvalue weighted by atomic mass is 10.0. The van der Waals surface area contributed by atoms with Gasteiger partial charge in [-0.05, 0) is 5.41 Å². The monoisotopic (exact) mass is 204 g/mol. The molecule has 0 atom stereocenters. The summed E-state index contributed by atoms with van der Waals surface area (Å²) in [6, 6.07) is 0. The summed E-state index contributed by atoms with van der Waals surface area (Å²) in [4.78, 5) is 0. The molecule has 0 saturated carbocycles. The highest BCUT2D eigenvalue weighted by Crippen LogP contribution is 2.08. The first kappa shape index (κ1) is 23.7. The van der Waals surface area contributed by atoms with Crippen LogP contribution in [0.15, 0.2) is 0 Å². The van der Waals surface area contributed by atoms with Crippen LogP contribution in [0.3, 0.4) is 0 Å². The fourth-order valence-electron chi connectivity index (χ4n) is 0.354. The van der Waals surface area contributed by atoms with E-state index in [1.165, 1.54) is 19.3 Å². The number of unbranched alkanes of at least 4 members (excludes halogenated alkanes) is 2. The summed E-state index contributed by atoms with van der Waals surface area (Å²) >= 11 is 0. The van der Waals surface area contributed by atoms with Crippen molar-refractivity contribution in [2.24, 2.45) is 5.41 Å². The van der Waals surface area contributed by atoms with Crippen molar-refractivity contribution in [1.82, 2.24) is 0 Å². The van der Waals surface area contributed by atoms with Gasteiger partial charge in [0.1, 0.15) is 0 Å².